The highest BCUT2D eigenvalue weighted by molar-refractivity contribution is 6.28. The number of ether oxygens (including phenoxy) is 1. The zero-order valence-electron chi connectivity index (χ0n) is 15.8. The first kappa shape index (κ1) is 18.2. The molecule has 2 heterocycles. The van der Waals surface area contributed by atoms with Gasteiger partial charge in [0.1, 0.15) is 5.52 Å². The lowest BCUT2D eigenvalue weighted by atomic mass is 9.46. The van der Waals surface area contributed by atoms with Crippen molar-refractivity contribution in [2.75, 3.05) is 11.9 Å². The molecule has 2 N–H and O–H groups in total. The number of fused-ring (bicyclic) bond motifs is 3. The van der Waals surface area contributed by atoms with E-state index < -0.39 is 0 Å². The Bertz CT molecular complexity index is 916. The van der Waals surface area contributed by atoms with Crippen LogP contribution in [0.5, 0.6) is 0 Å². The van der Waals surface area contributed by atoms with Gasteiger partial charge < -0.3 is 15.2 Å². The first-order chi connectivity index (χ1) is 13.6. The summed E-state index contributed by atoms with van der Waals surface area (Å²) in [5.41, 5.74) is 1.40. The molecule has 4 saturated carbocycles. The summed E-state index contributed by atoms with van der Waals surface area (Å²) < 4.78 is 7.08. The topological polar surface area (TPSA) is 88.8 Å². The second kappa shape index (κ2) is 6.88. The Morgan fingerprint density at radius 1 is 1.25 bits per heavy atom. The number of hydrogen-bond donors (Lipinski definition) is 2. The van der Waals surface area contributed by atoms with Crippen LogP contribution in [0, 0.1) is 29.6 Å². The summed E-state index contributed by atoms with van der Waals surface area (Å²) in [6.45, 7) is 2.12. The molecule has 2 aromatic rings. The Morgan fingerprint density at radius 2 is 1.96 bits per heavy atom. The Hall–Kier alpha value is -1.86. The number of aromatic nitrogens is 3. The van der Waals surface area contributed by atoms with E-state index >= 15 is 0 Å². The van der Waals surface area contributed by atoms with Crippen molar-refractivity contribution in [3.05, 3.63) is 23.1 Å². The predicted octanol–water partition coefficient (Wildman–Crippen LogP) is 2.90. The second-order valence-electron chi connectivity index (χ2n) is 8.27. The van der Waals surface area contributed by atoms with Crippen molar-refractivity contribution in [1.29, 1.82) is 0 Å². The molecule has 0 aromatic carbocycles. The molecular weight excluding hydrogens is 380 g/mol. The maximum atomic E-state index is 12.9. The molecule has 0 amide bonds. The smallest absolute Gasteiger partial charge is 0.311 e. The van der Waals surface area contributed by atoms with Crippen LogP contribution in [0.3, 0.4) is 0 Å². The third-order valence-corrected chi connectivity index (χ3v) is 7.37. The number of hydrogen-bond acceptors (Lipinski definition) is 6. The number of anilines is 1. The molecule has 2 unspecified atom stereocenters. The van der Waals surface area contributed by atoms with Crippen LogP contribution < -0.4 is 5.32 Å². The molecular formula is C20H25ClN4O3. The van der Waals surface area contributed by atoms with Crippen LogP contribution in [0.2, 0.25) is 5.28 Å². The average Bonchev–Trinajstić information content (AvgIpc) is 3.05. The van der Waals surface area contributed by atoms with Crippen LogP contribution in [0.1, 0.15) is 38.3 Å². The Morgan fingerprint density at radius 3 is 2.68 bits per heavy atom. The highest BCUT2D eigenvalue weighted by atomic mass is 35.5. The minimum absolute atomic E-state index is 0.0124. The van der Waals surface area contributed by atoms with Gasteiger partial charge in [-0.05, 0) is 80.0 Å². The molecule has 4 aliphatic rings. The van der Waals surface area contributed by atoms with E-state index in [1.807, 2.05) is 19.1 Å². The highest BCUT2D eigenvalue weighted by Crippen LogP contribution is 2.60. The van der Waals surface area contributed by atoms with Crippen LogP contribution in [-0.4, -0.2) is 38.3 Å². The molecule has 2 aromatic heterocycles. The van der Waals surface area contributed by atoms with Gasteiger partial charge in [0, 0.05) is 6.04 Å². The number of aliphatic hydroxyl groups excluding tert-OH is 1. The van der Waals surface area contributed by atoms with E-state index in [0.29, 0.717) is 41.8 Å². The van der Waals surface area contributed by atoms with Gasteiger partial charge >= 0.3 is 5.97 Å². The molecule has 4 fully saturated rings. The number of carbonyl (C=O) groups excluding carboxylic acids is 1. The average molecular weight is 405 g/mol. The number of nitrogens with one attached hydrogen (secondary N) is 1. The molecule has 0 saturated heterocycles. The van der Waals surface area contributed by atoms with Crippen LogP contribution >= 0.6 is 11.6 Å². The van der Waals surface area contributed by atoms with Crippen molar-refractivity contribution in [2.24, 2.45) is 29.6 Å². The summed E-state index contributed by atoms with van der Waals surface area (Å²) in [7, 11) is 0. The third-order valence-electron chi connectivity index (χ3n) is 7.21. The van der Waals surface area contributed by atoms with Crippen molar-refractivity contribution in [2.45, 2.75) is 45.3 Å². The van der Waals surface area contributed by atoms with Crippen LogP contribution in [-0.2, 0) is 16.1 Å². The Kier molecular flexibility index (Phi) is 4.47. The van der Waals surface area contributed by atoms with E-state index in [0.717, 1.165) is 18.4 Å². The molecule has 6 atom stereocenters. The van der Waals surface area contributed by atoms with Gasteiger partial charge in [0.15, 0.2) is 5.82 Å². The van der Waals surface area contributed by atoms with E-state index in [-0.39, 0.29) is 29.8 Å². The lowest BCUT2D eigenvalue weighted by Crippen LogP contribution is -2.62. The fourth-order valence-corrected chi connectivity index (χ4v) is 6.18. The van der Waals surface area contributed by atoms with Crippen molar-refractivity contribution < 1.29 is 14.6 Å². The van der Waals surface area contributed by atoms with E-state index in [2.05, 4.69) is 15.4 Å². The molecule has 0 spiro atoms. The fraction of sp³-hybridized carbons (Fsp3) is 0.650. The van der Waals surface area contributed by atoms with Crippen LogP contribution in [0.25, 0.3) is 5.52 Å². The Labute approximate surface area is 168 Å². The minimum Gasteiger partial charge on any atom is -0.466 e. The summed E-state index contributed by atoms with van der Waals surface area (Å²) in [6.07, 6.45) is 4.72. The molecule has 150 valence electrons. The predicted molar refractivity (Wildman–Crippen MR) is 104 cm³/mol. The van der Waals surface area contributed by atoms with Gasteiger partial charge in [-0.25, -0.2) is 4.52 Å². The number of aliphatic hydroxyl groups is 1. The normalized spacial score (nSPS) is 33.4. The minimum atomic E-state index is -0.152. The van der Waals surface area contributed by atoms with E-state index in [4.69, 9.17) is 16.3 Å². The first-order valence-corrected chi connectivity index (χ1v) is 10.6. The van der Waals surface area contributed by atoms with Gasteiger partial charge in [0.2, 0.25) is 5.28 Å². The fourth-order valence-electron chi connectivity index (χ4n) is 6.02. The van der Waals surface area contributed by atoms with Crippen molar-refractivity contribution in [3.8, 4) is 0 Å². The van der Waals surface area contributed by atoms with Crippen molar-refractivity contribution in [1.82, 2.24) is 14.6 Å². The summed E-state index contributed by atoms with van der Waals surface area (Å²) in [5.74, 6) is 2.54. The lowest BCUT2D eigenvalue weighted by Gasteiger charge is -2.61. The zero-order chi connectivity index (χ0) is 19.4. The largest absolute Gasteiger partial charge is 0.466 e. The van der Waals surface area contributed by atoms with E-state index in [9.17, 15) is 9.90 Å². The first-order valence-electron chi connectivity index (χ1n) is 10.2. The van der Waals surface area contributed by atoms with Gasteiger partial charge in [-0.3, -0.25) is 4.79 Å². The number of halogens is 1. The monoisotopic (exact) mass is 404 g/mol. The van der Waals surface area contributed by atoms with E-state index in [1.54, 1.807) is 4.52 Å². The molecule has 0 radical (unpaired) electrons. The number of nitrogens with zero attached hydrogens (tertiary/aromatic N) is 3. The second-order valence-corrected chi connectivity index (χ2v) is 8.61. The molecule has 28 heavy (non-hydrogen) atoms. The summed E-state index contributed by atoms with van der Waals surface area (Å²) in [5, 5.41) is 17.4. The van der Waals surface area contributed by atoms with Gasteiger partial charge in [-0.1, -0.05) is 0 Å². The van der Waals surface area contributed by atoms with Gasteiger partial charge in [-0.2, -0.15) is 4.98 Å². The third kappa shape index (κ3) is 2.63. The van der Waals surface area contributed by atoms with Crippen molar-refractivity contribution >= 4 is 28.9 Å². The summed E-state index contributed by atoms with van der Waals surface area (Å²) in [6, 6.07) is 3.67. The summed E-state index contributed by atoms with van der Waals surface area (Å²) in [4.78, 5) is 17.3. The number of carbonyl (C=O) groups is 1. The molecule has 8 heteroatoms. The van der Waals surface area contributed by atoms with E-state index in [1.165, 1.54) is 12.8 Å². The lowest BCUT2D eigenvalue weighted by molar-refractivity contribution is -0.166. The van der Waals surface area contributed by atoms with Gasteiger partial charge in [0.25, 0.3) is 0 Å². The van der Waals surface area contributed by atoms with Gasteiger partial charge in [-0.15, -0.1) is 5.10 Å². The molecule has 0 aliphatic heterocycles. The Balaban J connectivity index is 1.53. The number of esters is 1. The van der Waals surface area contributed by atoms with Crippen LogP contribution in [0.15, 0.2) is 12.1 Å². The van der Waals surface area contributed by atoms with Gasteiger partial charge in [0.05, 0.1) is 24.8 Å². The zero-order valence-corrected chi connectivity index (χ0v) is 16.6. The highest BCUT2D eigenvalue weighted by Gasteiger charge is 2.59. The van der Waals surface area contributed by atoms with Crippen LogP contribution in [0.4, 0.5) is 5.82 Å². The molecule has 7 nitrogen and oxygen atoms in total. The molecule has 4 aliphatic carbocycles. The standard InChI is InChI=1S/C20H25ClN4O3/c1-2-28-19(27)16-13-6-7-14(12-5-4-11(12)13)17(16)22-18-15-8-3-10(9-26)25(15)24-20(21)23-18/h3,8,11-14,16-17,26H,2,4-7,9H2,1H3,(H,22,23,24)/t11?,12?,13-,14+,16+,17+/m0/s1. The summed E-state index contributed by atoms with van der Waals surface area (Å²) >= 11 is 6.16. The maximum Gasteiger partial charge on any atom is 0.311 e. The molecule has 2 bridgehead atoms. The quantitative estimate of drug-likeness (QED) is 0.745. The SMILES string of the molecule is CCOC(=O)[C@H]1[C@H](Nc2nc(Cl)nn3c(CO)ccc23)[C@@H]2CC[C@H]1C1CCC12. The van der Waals surface area contributed by atoms with Crippen molar-refractivity contribution in [3.63, 3.8) is 0 Å². The number of rotatable bonds is 5. The molecule has 6 rings (SSSR count). The maximum absolute atomic E-state index is 12.9.